The number of aryl methyl sites for hydroxylation is 1. The van der Waals surface area contributed by atoms with Gasteiger partial charge in [0.2, 0.25) is 11.6 Å². The highest BCUT2D eigenvalue weighted by Gasteiger charge is 2.53. The van der Waals surface area contributed by atoms with Crippen LogP contribution in [0, 0.1) is 12.8 Å². The molecule has 27 heavy (non-hydrogen) atoms. The van der Waals surface area contributed by atoms with Gasteiger partial charge in [-0.25, -0.2) is 17.6 Å². The molecule has 0 spiro atoms. The molecule has 0 radical (unpaired) electrons. The van der Waals surface area contributed by atoms with Crippen molar-refractivity contribution < 1.29 is 40.6 Å². The number of aliphatic hydroxyl groups is 1. The fraction of sp³-hybridized carbons (Fsp3) is 0.643. The minimum absolute atomic E-state index is 0.0456. The highest BCUT2D eigenvalue weighted by molar-refractivity contribution is 5.93. The van der Waals surface area contributed by atoms with Crippen molar-refractivity contribution in [3.05, 3.63) is 17.5 Å². The van der Waals surface area contributed by atoms with Gasteiger partial charge >= 0.3 is 6.18 Å². The second-order valence-corrected chi connectivity index (χ2v) is 6.15. The van der Waals surface area contributed by atoms with Crippen LogP contribution in [-0.2, 0) is 17.5 Å². The highest BCUT2D eigenvalue weighted by atomic mass is 19.4. The third-order valence-electron chi connectivity index (χ3n) is 3.99. The van der Waals surface area contributed by atoms with E-state index in [1.54, 1.807) is 0 Å². The van der Waals surface area contributed by atoms with Gasteiger partial charge in [-0.05, 0) is 13.0 Å². The molecule has 0 aromatic carbocycles. The Balaban J connectivity index is 2.24. The number of amides is 1. The first-order valence-electron chi connectivity index (χ1n) is 7.59. The number of carbonyl (C=O) groups is 1. The number of rotatable bonds is 5. The molecule has 0 aliphatic carbocycles. The second-order valence-electron chi connectivity index (χ2n) is 6.15. The van der Waals surface area contributed by atoms with Crippen LogP contribution in [0.2, 0.25) is 0 Å². The van der Waals surface area contributed by atoms with Crippen molar-refractivity contribution in [1.29, 1.82) is 0 Å². The Morgan fingerprint density at radius 3 is 2.37 bits per heavy atom. The predicted octanol–water partition coefficient (Wildman–Crippen LogP) is 2.65. The summed E-state index contributed by atoms with van der Waals surface area (Å²) in [4.78, 5) is 12.4. The van der Waals surface area contributed by atoms with E-state index in [1.807, 2.05) is 0 Å². The summed E-state index contributed by atoms with van der Waals surface area (Å²) in [7, 11) is 0. The molecule has 13 heteroatoms. The normalized spacial score (nSPS) is 21.9. The van der Waals surface area contributed by atoms with Gasteiger partial charge in [0.25, 0.3) is 12.9 Å². The zero-order valence-corrected chi connectivity index (χ0v) is 14.0. The van der Waals surface area contributed by atoms with Crippen molar-refractivity contribution in [2.45, 2.75) is 51.6 Å². The fourth-order valence-electron chi connectivity index (χ4n) is 2.50. The van der Waals surface area contributed by atoms with Crippen molar-refractivity contribution >= 4 is 11.6 Å². The molecule has 2 atom stereocenters. The first kappa shape index (κ1) is 21.1. The van der Waals surface area contributed by atoms with Gasteiger partial charge in [0.15, 0.2) is 5.69 Å². The van der Waals surface area contributed by atoms with Crippen LogP contribution in [0.3, 0.4) is 0 Å². The standard InChI is InChI=1S/C14H15F7N4O2/c1-6(5-24-7(2)3-9(23-24)14(19,20)21)11(26)25-13(27,12(17)18)4-8(22-25)10(15)16/h3,6,10,12,27H,4-5H2,1-2H3/t6-,13+/m1/s1. The summed E-state index contributed by atoms with van der Waals surface area (Å²) in [5.41, 5.74) is -5.49. The van der Waals surface area contributed by atoms with Gasteiger partial charge in [-0.3, -0.25) is 9.48 Å². The Labute approximate surface area is 148 Å². The topological polar surface area (TPSA) is 70.7 Å². The van der Waals surface area contributed by atoms with Gasteiger partial charge in [-0.2, -0.15) is 28.4 Å². The van der Waals surface area contributed by atoms with Crippen molar-refractivity contribution in [2.24, 2.45) is 11.0 Å². The van der Waals surface area contributed by atoms with Crippen molar-refractivity contribution in [3.63, 3.8) is 0 Å². The minimum Gasteiger partial charge on any atom is -0.364 e. The van der Waals surface area contributed by atoms with Crippen LogP contribution in [-0.4, -0.2) is 50.1 Å². The number of halogens is 7. The lowest BCUT2D eigenvalue weighted by molar-refractivity contribution is -0.195. The van der Waals surface area contributed by atoms with Crippen LogP contribution in [0.25, 0.3) is 0 Å². The van der Waals surface area contributed by atoms with Crippen molar-refractivity contribution in [1.82, 2.24) is 14.8 Å². The lowest BCUT2D eigenvalue weighted by Crippen LogP contribution is -2.53. The van der Waals surface area contributed by atoms with Gasteiger partial charge in [0.1, 0.15) is 5.71 Å². The molecule has 1 aliphatic heterocycles. The maximum absolute atomic E-state index is 13.2. The van der Waals surface area contributed by atoms with E-state index < -0.39 is 60.9 Å². The number of hydrogen-bond acceptors (Lipinski definition) is 4. The first-order valence-corrected chi connectivity index (χ1v) is 7.59. The first-order chi connectivity index (χ1) is 12.3. The Kier molecular flexibility index (Phi) is 5.55. The molecule has 6 nitrogen and oxygen atoms in total. The smallest absolute Gasteiger partial charge is 0.364 e. The molecule has 152 valence electrons. The Morgan fingerprint density at radius 2 is 1.93 bits per heavy atom. The van der Waals surface area contributed by atoms with Crippen LogP contribution < -0.4 is 0 Å². The average Bonchev–Trinajstić information content (AvgIpc) is 3.08. The van der Waals surface area contributed by atoms with E-state index in [2.05, 4.69) is 10.2 Å². The summed E-state index contributed by atoms with van der Waals surface area (Å²) >= 11 is 0. The molecule has 1 N–H and O–H groups in total. The number of aromatic nitrogens is 2. The van der Waals surface area contributed by atoms with Gasteiger partial charge < -0.3 is 5.11 Å². The van der Waals surface area contributed by atoms with E-state index in [1.165, 1.54) is 13.8 Å². The summed E-state index contributed by atoms with van der Waals surface area (Å²) in [6, 6.07) is 0.732. The van der Waals surface area contributed by atoms with Crippen LogP contribution in [0.5, 0.6) is 0 Å². The maximum Gasteiger partial charge on any atom is 0.435 e. The van der Waals surface area contributed by atoms with E-state index in [4.69, 9.17) is 0 Å². The molecule has 1 aromatic rings. The van der Waals surface area contributed by atoms with E-state index in [9.17, 15) is 40.6 Å². The van der Waals surface area contributed by atoms with Gasteiger partial charge in [0.05, 0.1) is 12.5 Å². The Bertz CT molecular complexity index is 746. The molecule has 2 rings (SSSR count). The number of carbonyl (C=O) groups excluding carboxylic acids is 1. The quantitative estimate of drug-likeness (QED) is 0.768. The minimum atomic E-state index is -4.72. The Morgan fingerprint density at radius 1 is 1.33 bits per heavy atom. The third-order valence-corrected chi connectivity index (χ3v) is 3.99. The van der Waals surface area contributed by atoms with Gasteiger partial charge in [0, 0.05) is 12.1 Å². The lowest BCUT2D eigenvalue weighted by Gasteiger charge is -2.31. The molecule has 0 unspecified atom stereocenters. The largest absolute Gasteiger partial charge is 0.435 e. The fourth-order valence-corrected chi connectivity index (χ4v) is 2.50. The van der Waals surface area contributed by atoms with Crippen molar-refractivity contribution in [3.8, 4) is 0 Å². The summed E-state index contributed by atoms with van der Waals surface area (Å²) in [6.45, 7) is 1.99. The molecule has 2 heterocycles. The second kappa shape index (κ2) is 7.09. The summed E-state index contributed by atoms with van der Waals surface area (Å²) in [5, 5.41) is 16.2. The number of hydrazone groups is 1. The summed E-state index contributed by atoms with van der Waals surface area (Å²) in [6.07, 6.45) is -12.8. The van der Waals surface area contributed by atoms with Crippen LogP contribution in [0.1, 0.15) is 24.7 Å². The molecule has 1 aromatic heterocycles. The maximum atomic E-state index is 13.2. The van der Waals surface area contributed by atoms with Gasteiger partial charge in [-0.15, -0.1) is 0 Å². The SMILES string of the molecule is Cc1cc(C(F)(F)F)nn1C[C@@H](C)C(=O)N1N=C(C(F)F)C[C@]1(O)C(F)F. The molecular weight excluding hydrogens is 389 g/mol. The number of alkyl halides is 7. The Hall–Kier alpha value is -2.18. The van der Waals surface area contributed by atoms with E-state index >= 15 is 0 Å². The molecule has 1 aliphatic rings. The lowest BCUT2D eigenvalue weighted by atomic mass is 10.1. The predicted molar refractivity (Wildman–Crippen MR) is 77.0 cm³/mol. The monoisotopic (exact) mass is 404 g/mol. The molecule has 0 saturated carbocycles. The van der Waals surface area contributed by atoms with Crippen LogP contribution in [0.15, 0.2) is 11.2 Å². The summed E-state index contributed by atoms with van der Waals surface area (Å²) in [5.74, 6) is -2.53. The molecule has 0 bridgehead atoms. The molecular formula is C14H15F7N4O2. The van der Waals surface area contributed by atoms with E-state index in [0.29, 0.717) is 0 Å². The zero-order valence-electron chi connectivity index (χ0n) is 14.0. The van der Waals surface area contributed by atoms with Crippen LogP contribution in [0.4, 0.5) is 30.7 Å². The zero-order chi connectivity index (χ0) is 20.7. The third kappa shape index (κ3) is 4.06. The summed E-state index contributed by atoms with van der Waals surface area (Å²) < 4.78 is 90.7. The van der Waals surface area contributed by atoms with Crippen molar-refractivity contribution in [2.75, 3.05) is 0 Å². The molecule has 1 amide bonds. The average molecular weight is 404 g/mol. The van der Waals surface area contributed by atoms with E-state index in [0.717, 1.165) is 10.7 Å². The highest BCUT2D eigenvalue weighted by Crippen LogP contribution is 2.34. The number of nitrogens with zero attached hydrogens (tertiary/aromatic N) is 4. The molecule has 0 saturated heterocycles. The van der Waals surface area contributed by atoms with E-state index in [-0.39, 0.29) is 10.7 Å². The molecule has 0 fully saturated rings. The van der Waals surface area contributed by atoms with Gasteiger partial charge in [-0.1, -0.05) is 6.92 Å². The van der Waals surface area contributed by atoms with Crippen LogP contribution >= 0.6 is 0 Å². The number of hydrogen-bond donors (Lipinski definition) is 1.